The first-order chi connectivity index (χ1) is 16.8. The van der Waals surface area contributed by atoms with Crippen molar-refractivity contribution >= 4 is 11.7 Å². The number of carbonyl (C=O) groups excluding carboxylic acids is 1. The fourth-order valence-electron chi connectivity index (χ4n) is 4.59. The number of benzene rings is 2. The minimum atomic E-state index is -0.536. The number of anilines is 1. The quantitative estimate of drug-likeness (QED) is 0.527. The van der Waals surface area contributed by atoms with Crippen molar-refractivity contribution in [2.24, 2.45) is 5.73 Å². The van der Waals surface area contributed by atoms with Gasteiger partial charge in [-0.2, -0.15) is 0 Å². The highest BCUT2D eigenvalue weighted by Crippen LogP contribution is 2.42. The van der Waals surface area contributed by atoms with Crippen LogP contribution in [0.15, 0.2) is 42.5 Å². The number of urea groups is 1. The van der Waals surface area contributed by atoms with E-state index in [9.17, 15) is 9.18 Å². The Morgan fingerprint density at radius 2 is 1.80 bits per heavy atom. The van der Waals surface area contributed by atoms with Gasteiger partial charge in [0.15, 0.2) is 0 Å². The topological polar surface area (TPSA) is 77.3 Å². The number of methoxy groups -OCH3 is 2. The van der Waals surface area contributed by atoms with Gasteiger partial charge in [-0.25, -0.2) is 9.18 Å². The largest absolute Gasteiger partial charge is 0.489 e. The average Bonchev–Trinajstić information content (AvgIpc) is 2.89. The van der Waals surface area contributed by atoms with Crippen LogP contribution in [0.3, 0.4) is 0 Å². The molecule has 0 saturated heterocycles. The molecule has 8 heteroatoms. The molecule has 0 aliphatic heterocycles. The van der Waals surface area contributed by atoms with Crippen LogP contribution < -0.4 is 15.4 Å². The molecule has 0 bridgehead atoms. The Bertz CT molecular complexity index is 961. The second-order valence-electron chi connectivity index (χ2n) is 9.17. The Labute approximate surface area is 207 Å². The molecular weight excluding hydrogens is 449 g/mol. The summed E-state index contributed by atoms with van der Waals surface area (Å²) in [4.78, 5) is 15.8. The van der Waals surface area contributed by atoms with Gasteiger partial charge < -0.3 is 24.8 Å². The maximum absolute atomic E-state index is 14.5. The van der Waals surface area contributed by atoms with Gasteiger partial charge in [-0.1, -0.05) is 12.1 Å². The summed E-state index contributed by atoms with van der Waals surface area (Å²) in [6.45, 7) is 1.44. The normalized spacial score (nSPS) is 19.9. The van der Waals surface area contributed by atoms with E-state index in [0.717, 1.165) is 48.9 Å². The minimum absolute atomic E-state index is 0.0960. The third-order valence-electron chi connectivity index (χ3n) is 6.90. The summed E-state index contributed by atoms with van der Waals surface area (Å²) in [5.41, 5.74) is 7.48. The highest BCUT2D eigenvalue weighted by Gasteiger charge is 2.37. The predicted molar refractivity (Wildman–Crippen MR) is 135 cm³/mol. The first-order valence-electron chi connectivity index (χ1n) is 12.1. The summed E-state index contributed by atoms with van der Waals surface area (Å²) >= 11 is 0. The van der Waals surface area contributed by atoms with Crippen LogP contribution >= 0.6 is 0 Å². The molecule has 2 aromatic carbocycles. The van der Waals surface area contributed by atoms with Gasteiger partial charge in [0, 0.05) is 46.6 Å². The Hall–Kier alpha value is -2.68. The Balaban J connectivity index is 1.65. The van der Waals surface area contributed by atoms with E-state index in [0.29, 0.717) is 18.8 Å². The number of ether oxygens (including phenoxy) is 3. The van der Waals surface area contributed by atoms with Crippen LogP contribution in [0.4, 0.5) is 14.9 Å². The molecule has 2 N–H and O–H groups in total. The van der Waals surface area contributed by atoms with E-state index in [1.54, 1.807) is 38.1 Å². The van der Waals surface area contributed by atoms with Crippen LogP contribution in [0.5, 0.6) is 5.75 Å². The summed E-state index contributed by atoms with van der Waals surface area (Å²) < 4.78 is 31.8. The zero-order chi connectivity index (χ0) is 25.4. The Morgan fingerprint density at radius 3 is 2.40 bits per heavy atom. The molecule has 0 atom stereocenters. The molecule has 1 fully saturated rings. The van der Waals surface area contributed by atoms with Gasteiger partial charge in [-0.05, 0) is 74.0 Å². The molecule has 1 aliphatic carbocycles. The molecule has 192 valence electrons. The summed E-state index contributed by atoms with van der Waals surface area (Å²) in [5, 5.41) is 0. The minimum Gasteiger partial charge on any atom is -0.489 e. The molecule has 0 heterocycles. The average molecular weight is 488 g/mol. The third kappa shape index (κ3) is 6.72. The van der Waals surface area contributed by atoms with Crippen molar-refractivity contribution in [3.05, 3.63) is 59.4 Å². The van der Waals surface area contributed by atoms with Gasteiger partial charge >= 0.3 is 6.03 Å². The molecule has 1 aliphatic rings. The first-order valence-corrected chi connectivity index (χ1v) is 12.1. The van der Waals surface area contributed by atoms with E-state index in [2.05, 4.69) is 0 Å². The SMILES string of the molecule is CO[C@H]1CC[C@](OC)(c2cc(F)cc(OCc3ccc(N(C)C(=O)N(C)CCCN)cc3)c2)CC1. The maximum Gasteiger partial charge on any atom is 0.323 e. The number of halogens is 1. The lowest BCUT2D eigenvalue weighted by Crippen LogP contribution is -2.39. The van der Waals surface area contributed by atoms with E-state index >= 15 is 0 Å². The third-order valence-corrected chi connectivity index (χ3v) is 6.90. The van der Waals surface area contributed by atoms with Crippen LogP contribution in [0.1, 0.15) is 43.2 Å². The first kappa shape index (κ1) is 26.9. The van der Waals surface area contributed by atoms with Crippen molar-refractivity contribution in [3.8, 4) is 5.75 Å². The molecule has 0 radical (unpaired) electrons. The van der Waals surface area contributed by atoms with Crippen molar-refractivity contribution in [3.63, 3.8) is 0 Å². The molecule has 0 spiro atoms. The maximum atomic E-state index is 14.5. The number of carbonyl (C=O) groups is 1. The number of nitrogens with two attached hydrogens (primary N) is 1. The van der Waals surface area contributed by atoms with Crippen LogP contribution in [-0.4, -0.2) is 58.4 Å². The fourth-order valence-corrected chi connectivity index (χ4v) is 4.59. The van der Waals surface area contributed by atoms with E-state index in [-0.39, 0.29) is 24.6 Å². The molecule has 2 aromatic rings. The standard InChI is InChI=1S/C27H38FN3O4/c1-30(15-5-14-29)26(32)31(2)23-8-6-20(7-9-23)19-35-25-17-21(16-22(28)18-25)27(34-4)12-10-24(33-3)11-13-27/h6-9,16-18,24H,5,10-15,19,29H2,1-4H3/t24-,27+. The van der Waals surface area contributed by atoms with Crippen molar-refractivity contribution in [1.82, 2.24) is 4.90 Å². The van der Waals surface area contributed by atoms with E-state index in [1.165, 1.54) is 12.1 Å². The Morgan fingerprint density at radius 1 is 1.11 bits per heavy atom. The molecule has 2 amide bonds. The number of amides is 2. The summed E-state index contributed by atoms with van der Waals surface area (Å²) in [7, 11) is 6.91. The molecule has 0 unspecified atom stereocenters. The number of nitrogens with zero attached hydrogens (tertiary/aromatic N) is 2. The highest BCUT2D eigenvalue weighted by molar-refractivity contribution is 5.91. The van der Waals surface area contributed by atoms with Crippen LogP contribution in [0.2, 0.25) is 0 Å². The molecule has 7 nitrogen and oxygen atoms in total. The zero-order valence-corrected chi connectivity index (χ0v) is 21.3. The molecule has 35 heavy (non-hydrogen) atoms. The summed E-state index contributed by atoms with van der Waals surface area (Å²) in [5.74, 6) is 0.111. The van der Waals surface area contributed by atoms with Crippen molar-refractivity contribution in [1.29, 1.82) is 0 Å². The van der Waals surface area contributed by atoms with Crippen LogP contribution in [0, 0.1) is 5.82 Å². The Kier molecular flexibility index (Phi) is 9.48. The zero-order valence-electron chi connectivity index (χ0n) is 21.3. The van der Waals surface area contributed by atoms with Crippen molar-refractivity contribution in [2.45, 2.75) is 50.4 Å². The van der Waals surface area contributed by atoms with Gasteiger partial charge in [-0.3, -0.25) is 4.90 Å². The highest BCUT2D eigenvalue weighted by atomic mass is 19.1. The van der Waals surface area contributed by atoms with Gasteiger partial charge in [0.05, 0.1) is 11.7 Å². The van der Waals surface area contributed by atoms with Crippen LogP contribution in [0.25, 0.3) is 0 Å². The van der Waals surface area contributed by atoms with E-state index in [4.69, 9.17) is 19.9 Å². The lowest BCUT2D eigenvalue weighted by Gasteiger charge is -2.39. The van der Waals surface area contributed by atoms with Gasteiger partial charge in [0.1, 0.15) is 18.2 Å². The van der Waals surface area contributed by atoms with Gasteiger partial charge in [0.2, 0.25) is 0 Å². The van der Waals surface area contributed by atoms with E-state index < -0.39 is 5.60 Å². The summed E-state index contributed by atoms with van der Waals surface area (Å²) in [6.07, 6.45) is 4.23. The lowest BCUT2D eigenvalue weighted by atomic mass is 9.78. The molecular formula is C27H38FN3O4. The number of rotatable bonds is 10. The van der Waals surface area contributed by atoms with Gasteiger partial charge in [-0.15, -0.1) is 0 Å². The van der Waals surface area contributed by atoms with Gasteiger partial charge in [0.25, 0.3) is 0 Å². The number of hydrogen-bond acceptors (Lipinski definition) is 5. The second-order valence-corrected chi connectivity index (χ2v) is 9.17. The number of hydrogen-bond donors (Lipinski definition) is 1. The second kappa shape index (κ2) is 12.3. The predicted octanol–water partition coefficient (Wildman–Crippen LogP) is 4.67. The smallest absolute Gasteiger partial charge is 0.323 e. The van der Waals surface area contributed by atoms with Crippen molar-refractivity contribution in [2.75, 3.05) is 46.3 Å². The monoisotopic (exact) mass is 487 g/mol. The molecule has 3 rings (SSSR count). The summed E-state index contributed by atoms with van der Waals surface area (Å²) in [6, 6.07) is 12.3. The van der Waals surface area contributed by atoms with Crippen molar-refractivity contribution < 1.29 is 23.4 Å². The molecule has 0 aromatic heterocycles. The molecule has 1 saturated carbocycles. The lowest BCUT2D eigenvalue weighted by molar-refractivity contribution is -0.0764. The van der Waals surface area contributed by atoms with E-state index in [1.807, 2.05) is 30.3 Å². The van der Waals surface area contributed by atoms with Crippen LogP contribution in [-0.2, 0) is 21.7 Å². The fraction of sp³-hybridized carbons (Fsp3) is 0.519.